The number of hydrogen-bond donors (Lipinski definition) is 0. The lowest BCUT2D eigenvalue weighted by atomic mass is 9.49. The third-order valence-electron chi connectivity index (χ3n) is 8.16. The van der Waals surface area contributed by atoms with Gasteiger partial charge < -0.3 is 9.32 Å². The number of aromatic nitrogens is 2. The largest absolute Gasteiger partial charge is 0.415 e. The van der Waals surface area contributed by atoms with Crippen molar-refractivity contribution in [3.8, 4) is 0 Å². The fourth-order valence-corrected chi connectivity index (χ4v) is 8.02. The summed E-state index contributed by atoms with van der Waals surface area (Å²) in [4.78, 5) is 15.2. The summed E-state index contributed by atoms with van der Waals surface area (Å²) in [7, 11) is 0. The molecule has 6 heteroatoms. The molecule has 0 aliphatic heterocycles. The van der Waals surface area contributed by atoms with Gasteiger partial charge in [0.2, 0.25) is 11.8 Å². The Balaban J connectivity index is 1.26. The van der Waals surface area contributed by atoms with Crippen molar-refractivity contribution in [1.29, 1.82) is 0 Å². The van der Waals surface area contributed by atoms with Gasteiger partial charge in [-0.3, -0.25) is 4.79 Å². The summed E-state index contributed by atoms with van der Waals surface area (Å²) < 4.78 is 6.22. The van der Waals surface area contributed by atoms with Gasteiger partial charge in [-0.25, -0.2) is 0 Å². The molecule has 1 atom stereocenters. The van der Waals surface area contributed by atoms with Crippen molar-refractivity contribution >= 4 is 17.7 Å². The molecule has 1 aromatic heterocycles. The number of rotatable bonds is 6. The van der Waals surface area contributed by atoms with Crippen LogP contribution in [0.1, 0.15) is 90.4 Å². The Kier molecular flexibility index (Phi) is 5.42. The Labute approximate surface area is 178 Å². The fourth-order valence-electron chi connectivity index (χ4n) is 7.27. The molecule has 0 saturated heterocycles. The molecule has 5 fully saturated rings. The van der Waals surface area contributed by atoms with Gasteiger partial charge in [-0.15, -0.1) is 10.2 Å². The zero-order chi connectivity index (χ0) is 20.0. The summed E-state index contributed by atoms with van der Waals surface area (Å²) >= 11 is 1.45. The van der Waals surface area contributed by atoms with Crippen LogP contribution < -0.4 is 0 Å². The van der Waals surface area contributed by atoms with Crippen molar-refractivity contribution in [2.75, 3.05) is 6.54 Å². The quantitative estimate of drug-likeness (QED) is 0.596. The first-order chi connectivity index (χ1) is 14.1. The van der Waals surface area contributed by atoms with E-state index < -0.39 is 0 Å². The zero-order valence-corrected chi connectivity index (χ0v) is 18.8. The second kappa shape index (κ2) is 7.90. The minimum absolute atomic E-state index is 0.130. The van der Waals surface area contributed by atoms with Crippen LogP contribution in [0.2, 0.25) is 0 Å². The predicted octanol–water partition coefficient (Wildman–Crippen LogP) is 5.20. The summed E-state index contributed by atoms with van der Waals surface area (Å²) in [5.41, 5.74) is 0.130. The lowest BCUT2D eigenvalue weighted by molar-refractivity contribution is -0.133. The normalized spacial score (nSPS) is 35.0. The SMILES string of the molecule is CCN(C(=O)[C@H](C)Sc1nnc(C23CC4CC(CC(C4)C2)C3)o1)C1CCCCC1. The minimum Gasteiger partial charge on any atom is -0.415 e. The van der Waals surface area contributed by atoms with E-state index in [2.05, 4.69) is 22.0 Å². The van der Waals surface area contributed by atoms with Crippen molar-refractivity contribution in [3.05, 3.63) is 5.89 Å². The van der Waals surface area contributed by atoms with Gasteiger partial charge in [-0.2, -0.15) is 0 Å². The van der Waals surface area contributed by atoms with Crippen molar-refractivity contribution in [2.24, 2.45) is 17.8 Å². The second-order valence-corrected chi connectivity index (χ2v) is 11.5. The van der Waals surface area contributed by atoms with Crippen LogP contribution in [0.3, 0.4) is 0 Å². The molecule has 1 amide bonds. The van der Waals surface area contributed by atoms with E-state index in [0.717, 1.165) is 43.0 Å². The highest BCUT2D eigenvalue weighted by Gasteiger charge is 2.54. The maximum atomic E-state index is 13.1. The van der Waals surface area contributed by atoms with Crippen LogP contribution in [-0.4, -0.2) is 38.8 Å². The topological polar surface area (TPSA) is 59.2 Å². The first-order valence-corrected chi connectivity index (χ1v) is 12.8. The van der Waals surface area contributed by atoms with E-state index in [1.807, 2.05) is 6.92 Å². The first-order valence-electron chi connectivity index (χ1n) is 11.9. The van der Waals surface area contributed by atoms with Crippen molar-refractivity contribution in [3.63, 3.8) is 0 Å². The molecule has 5 aliphatic carbocycles. The van der Waals surface area contributed by atoms with Gasteiger partial charge in [0.05, 0.1) is 5.25 Å². The maximum Gasteiger partial charge on any atom is 0.277 e. The molecule has 1 aromatic rings. The Morgan fingerprint density at radius 2 is 1.72 bits per heavy atom. The summed E-state index contributed by atoms with van der Waals surface area (Å²) in [5, 5.41) is 9.28. The maximum absolute atomic E-state index is 13.1. The molecule has 6 rings (SSSR count). The van der Waals surface area contributed by atoms with E-state index >= 15 is 0 Å². The van der Waals surface area contributed by atoms with Gasteiger partial charge in [0, 0.05) is 18.0 Å². The molecule has 1 heterocycles. The summed E-state index contributed by atoms with van der Waals surface area (Å²) in [5.74, 6) is 3.66. The molecule has 0 spiro atoms. The highest BCUT2D eigenvalue weighted by molar-refractivity contribution is 8.00. The smallest absolute Gasteiger partial charge is 0.277 e. The Morgan fingerprint density at radius 1 is 1.10 bits per heavy atom. The molecule has 5 saturated carbocycles. The molecular weight excluding hydrogens is 382 g/mol. The van der Waals surface area contributed by atoms with Crippen LogP contribution in [0.15, 0.2) is 9.64 Å². The summed E-state index contributed by atoms with van der Waals surface area (Å²) in [6, 6.07) is 0.412. The van der Waals surface area contributed by atoms with Crippen molar-refractivity contribution in [1.82, 2.24) is 15.1 Å². The Hall–Kier alpha value is -1.04. The van der Waals surface area contributed by atoms with Crippen LogP contribution >= 0.6 is 11.8 Å². The molecular formula is C23H35N3O2S. The lowest BCUT2D eigenvalue weighted by Crippen LogP contribution is -2.48. The minimum atomic E-state index is -0.179. The molecule has 29 heavy (non-hydrogen) atoms. The highest BCUT2D eigenvalue weighted by Crippen LogP contribution is 2.60. The molecule has 0 N–H and O–H groups in total. The van der Waals surface area contributed by atoms with Gasteiger partial charge in [0.25, 0.3) is 5.22 Å². The molecule has 160 valence electrons. The van der Waals surface area contributed by atoms with Crippen LogP contribution in [-0.2, 0) is 10.2 Å². The predicted molar refractivity (Wildman–Crippen MR) is 114 cm³/mol. The Morgan fingerprint density at radius 3 is 2.31 bits per heavy atom. The van der Waals surface area contributed by atoms with Crippen LogP contribution in [0.5, 0.6) is 0 Å². The lowest BCUT2D eigenvalue weighted by Gasteiger charge is -2.55. The van der Waals surface area contributed by atoms with E-state index in [4.69, 9.17) is 4.42 Å². The van der Waals surface area contributed by atoms with Gasteiger partial charge in [-0.05, 0) is 83.0 Å². The van der Waals surface area contributed by atoms with Crippen LogP contribution in [0, 0.1) is 17.8 Å². The monoisotopic (exact) mass is 417 g/mol. The van der Waals surface area contributed by atoms with Gasteiger partial charge >= 0.3 is 0 Å². The Bertz CT molecular complexity index is 707. The van der Waals surface area contributed by atoms with Crippen LogP contribution in [0.25, 0.3) is 0 Å². The fraction of sp³-hybridized carbons (Fsp3) is 0.870. The molecule has 5 nitrogen and oxygen atoms in total. The molecule has 0 radical (unpaired) electrons. The van der Waals surface area contributed by atoms with E-state index in [-0.39, 0.29) is 16.6 Å². The zero-order valence-electron chi connectivity index (χ0n) is 17.9. The average Bonchev–Trinajstić information content (AvgIpc) is 3.18. The number of carbonyl (C=O) groups is 1. The second-order valence-electron chi connectivity index (χ2n) is 10.2. The van der Waals surface area contributed by atoms with E-state index in [0.29, 0.717) is 11.3 Å². The van der Waals surface area contributed by atoms with E-state index in [9.17, 15) is 4.79 Å². The summed E-state index contributed by atoms with van der Waals surface area (Å²) in [6.45, 7) is 4.88. The van der Waals surface area contributed by atoms with E-state index in [1.54, 1.807) is 0 Å². The van der Waals surface area contributed by atoms with E-state index in [1.165, 1.54) is 69.5 Å². The van der Waals surface area contributed by atoms with Gasteiger partial charge in [0.1, 0.15) is 0 Å². The number of hydrogen-bond acceptors (Lipinski definition) is 5. The van der Waals surface area contributed by atoms with Crippen molar-refractivity contribution < 1.29 is 9.21 Å². The molecule has 4 bridgehead atoms. The highest BCUT2D eigenvalue weighted by atomic mass is 32.2. The molecule has 0 unspecified atom stereocenters. The standard InChI is InChI=1S/C23H35N3O2S/c1-3-26(19-7-5-4-6-8-19)20(27)15(2)29-22-25-24-21(28-22)23-12-16-9-17(13-23)11-18(10-16)14-23/h15-19H,3-14H2,1-2H3/t15-,16?,17?,18?,23?/m0/s1. The molecule has 5 aliphatic rings. The first kappa shape index (κ1) is 19.9. The van der Waals surface area contributed by atoms with Gasteiger partial charge in [-0.1, -0.05) is 31.0 Å². The number of nitrogens with zero attached hydrogens (tertiary/aromatic N) is 3. The summed E-state index contributed by atoms with van der Waals surface area (Å²) in [6.07, 6.45) is 14.0. The third kappa shape index (κ3) is 3.75. The van der Waals surface area contributed by atoms with Crippen molar-refractivity contribution in [2.45, 2.75) is 106 Å². The number of amides is 1. The van der Waals surface area contributed by atoms with Gasteiger partial charge in [0.15, 0.2) is 0 Å². The number of thioether (sulfide) groups is 1. The van der Waals surface area contributed by atoms with Crippen LogP contribution in [0.4, 0.5) is 0 Å². The molecule has 0 aromatic carbocycles. The average molecular weight is 418 g/mol. The third-order valence-corrected chi connectivity index (χ3v) is 9.08. The number of carbonyl (C=O) groups excluding carboxylic acids is 1.